The van der Waals surface area contributed by atoms with E-state index in [1.807, 2.05) is 0 Å². The van der Waals surface area contributed by atoms with E-state index in [0.29, 0.717) is 41.3 Å². The molecule has 0 atom stereocenters. The fourth-order valence-electron chi connectivity index (χ4n) is 4.68. The summed E-state index contributed by atoms with van der Waals surface area (Å²) in [5.41, 5.74) is 0.444. The van der Waals surface area contributed by atoms with E-state index in [0.717, 1.165) is 12.8 Å². The number of nitrogens with one attached hydrogen (secondary N) is 2. The quantitative estimate of drug-likeness (QED) is 0.648. The molecule has 1 saturated carbocycles. The molecule has 0 bridgehead atoms. The predicted molar refractivity (Wildman–Crippen MR) is 120 cm³/mol. The number of ether oxygens (including phenoxy) is 3. The molecule has 5 rings (SSSR count). The van der Waals surface area contributed by atoms with Gasteiger partial charge in [0, 0.05) is 5.56 Å². The molecule has 1 aliphatic carbocycles. The normalized spacial score (nSPS) is 17.2. The van der Waals surface area contributed by atoms with Crippen molar-refractivity contribution in [3.8, 4) is 11.5 Å². The van der Waals surface area contributed by atoms with Gasteiger partial charge in [0.2, 0.25) is 6.79 Å². The van der Waals surface area contributed by atoms with Crippen LogP contribution in [0.5, 0.6) is 11.5 Å². The van der Waals surface area contributed by atoms with Gasteiger partial charge >= 0.3 is 5.97 Å². The number of nitrogens with zero attached hydrogens (tertiary/aromatic N) is 1. The lowest BCUT2D eigenvalue weighted by molar-refractivity contribution is -0.147. The highest BCUT2D eigenvalue weighted by atomic mass is 16.7. The maximum Gasteiger partial charge on any atom is 0.325 e. The van der Waals surface area contributed by atoms with Crippen LogP contribution in [0.25, 0.3) is 0 Å². The maximum atomic E-state index is 13.2. The van der Waals surface area contributed by atoms with Crippen LogP contribution in [-0.2, 0) is 19.1 Å². The van der Waals surface area contributed by atoms with Gasteiger partial charge in [0.15, 0.2) is 18.1 Å². The number of benzene rings is 2. The highest BCUT2D eigenvalue weighted by Gasteiger charge is 2.52. The van der Waals surface area contributed by atoms with Crippen LogP contribution in [-0.4, -0.2) is 49.2 Å². The summed E-state index contributed by atoms with van der Waals surface area (Å²) in [4.78, 5) is 52.2. The van der Waals surface area contributed by atoms with E-state index < -0.39 is 36.5 Å². The van der Waals surface area contributed by atoms with Gasteiger partial charge in [-0.25, -0.2) is 0 Å². The highest BCUT2D eigenvalue weighted by molar-refractivity contribution is 6.15. The number of para-hydroxylation sites is 2. The Morgan fingerprint density at radius 1 is 1.06 bits per heavy atom. The van der Waals surface area contributed by atoms with Gasteiger partial charge in [-0.05, 0) is 43.2 Å². The van der Waals surface area contributed by atoms with Crippen molar-refractivity contribution < 1.29 is 33.4 Å². The molecule has 2 N–H and O–H groups in total. The zero-order valence-electron chi connectivity index (χ0n) is 18.3. The summed E-state index contributed by atoms with van der Waals surface area (Å²) in [5, 5.41) is 5.37. The summed E-state index contributed by atoms with van der Waals surface area (Å²) in [6, 6.07) is 11.7. The fraction of sp³-hybridized carbons (Fsp3) is 0.333. The van der Waals surface area contributed by atoms with Gasteiger partial charge in [-0.3, -0.25) is 24.1 Å². The summed E-state index contributed by atoms with van der Waals surface area (Å²) in [6.07, 6.45) is 2.73. The van der Waals surface area contributed by atoms with Crippen molar-refractivity contribution in [3.63, 3.8) is 0 Å². The van der Waals surface area contributed by atoms with Crippen LogP contribution in [0.1, 0.15) is 36.0 Å². The Morgan fingerprint density at radius 3 is 2.65 bits per heavy atom. The van der Waals surface area contributed by atoms with E-state index >= 15 is 0 Å². The number of anilines is 2. The van der Waals surface area contributed by atoms with Gasteiger partial charge in [0.25, 0.3) is 17.7 Å². The number of fused-ring (bicyclic) bond motifs is 2. The first-order valence-electron chi connectivity index (χ1n) is 11.0. The topological polar surface area (TPSA) is 123 Å². The molecule has 3 aliphatic rings. The van der Waals surface area contributed by atoms with Gasteiger partial charge < -0.3 is 24.8 Å². The Labute approximate surface area is 195 Å². The third-order valence-electron chi connectivity index (χ3n) is 6.31. The molecule has 2 aromatic carbocycles. The first kappa shape index (κ1) is 21.7. The molecule has 2 aromatic rings. The predicted octanol–water partition coefficient (Wildman–Crippen LogP) is 1.99. The number of carbonyl (C=O) groups excluding carboxylic acids is 4. The molecule has 10 nitrogen and oxygen atoms in total. The fourth-order valence-corrected chi connectivity index (χ4v) is 4.68. The minimum atomic E-state index is -0.981. The lowest BCUT2D eigenvalue weighted by atomic mass is 9.90. The summed E-state index contributed by atoms with van der Waals surface area (Å²) in [6.45, 7) is -0.865. The van der Waals surface area contributed by atoms with E-state index in [1.54, 1.807) is 36.4 Å². The zero-order chi connectivity index (χ0) is 23.7. The van der Waals surface area contributed by atoms with Crippen LogP contribution < -0.4 is 25.0 Å². The first-order valence-corrected chi connectivity index (χ1v) is 11.0. The lowest BCUT2D eigenvalue weighted by Crippen LogP contribution is -2.61. The minimum Gasteiger partial charge on any atom is -0.454 e. The SMILES string of the molecule is O=C(CNC(=O)c1ccc2c(c1)OCO2)OCC(=O)N1c2ccccc2NC(=O)C12CCCC2. The summed E-state index contributed by atoms with van der Waals surface area (Å²) in [5.74, 6) is -0.972. The third-order valence-corrected chi connectivity index (χ3v) is 6.31. The minimum absolute atomic E-state index is 0.0885. The van der Waals surface area contributed by atoms with E-state index in [-0.39, 0.29) is 12.7 Å². The van der Waals surface area contributed by atoms with Crippen molar-refractivity contribution in [1.29, 1.82) is 0 Å². The van der Waals surface area contributed by atoms with Crippen LogP contribution in [0, 0.1) is 0 Å². The largest absolute Gasteiger partial charge is 0.454 e. The molecule has 10 heteroatoms. The van der Waals surface area contributed by atoms with Crippen LogP contribution in [0.2, 0.25) is 0 Å². The lowest BCUT2D eigenvalue weighted by Gasteiger charge is -2.44. The molecule has 2 heterocycles. The molecular formula is C24H23N3O7. The average Bonchev–Trinajstić information content (AvgIpc) is 3.52. The number of amides is 3. The number of hydrogen-bond acceptors (Lipinski definition) is 7. The molecule has 1 spiro atoms. The Kier molecular flexibility index (Phi) is 5.56. The molecule has 176 valence electrons. The van der Waals surface area contributed by atoms with Gasteiger partial charge in [-0.2, -0.15) is 0 Å². The van der Waals surface area contributed by atoms with Crippen molar-refractivity contribution in [2.45, 2.75) is 31.2 Å². The van der Waals surface area contributed by atoms with Crippen LogP contribution in [0.4, 0.5) is 11.4 Å². The van der Waals surface area contributed by atoms with E-state index in [4.69, 9.17) is 14.2 Å². The van der Waals surface area contributed by atoms with Gasteiger partial charge in [-0.1, -0.05) is 25.0 Å². The Balaban J connectivity index is 1.21. The van der Waals surface area contributed by atoms with Gasteiger partial charge in [-0.15, -0.1) is 0 Å². The Bertz CT molecular complexity index is 1170. The van der Waals surface area contributed by atoms with Crippen LogP contribution in [0.15, 0.2) is 42.5 Å². The van der Waals surface area contributed by atoms with Crippen molar-refractivity contribution in [3.05, 3.63) is 48.0 Å². The Hall–Kier alpha value is -4.08. The third kappa shape index (κ3) is 3.81. The van der Waals surface area contributed by atoms with Gasteiger partial charge in [0.05, 0.1) is 11.4 Å². The first-order chi connectivity index (χ1) is 16.5. The number of carbonyl (C=O) groups is 4. The summed E-state index contributed by atoms with van der Waals surface area (Å²) >= 11 is 0. The summed E-state index contributed by atoms with van der Waals surface area (Å²) in [7, 11) is 0. The van der Waals surface area contributed by atoms with Crippen LogP contribution >= 0.6 is 0 Å². The average molecular weight is 465 g/mol. The van der Waals surface area contributed by atoms with Gasteiger partial charge in [0.1, 0.15) is 12.1 Å². The van der Waals surface area contributed by atoms with E-state index in [2.05, 4.69) is 10.6 Å². The van der Waals surface area contributed by atoms with Crippen LogP contribution in [0.3, 0.4) is 0 Å². The molecular weight excluding hydrogens is 442 g/mol. The van der Waals surface area contributed by atoms with E-state index in [9.17, 15) is 19.2 Å². The highest BCUT2D eigenvalue weighted by Crippen LogP contribution is 2.45. The molecule has 0 unspecified atom stereocenters. The monoisotopic (exact) mass is 465 g/mol. The smallest absolute Gasteiger partial charge is 0.325 e. The summed E-state index contributed by atoms with van der Waals surface area (Å²) < 4.78 is 15.6. The number of rotatable bonds is 5. The second-order valence-electron chi connectivity index (χ2n) is 8.35. The molecule has 2 aliphatic heterocycles. The molecule has 0 radical (unpaired) electrons. The van der Waals surface area contributed by atoms with Crippen molar-refractivity contribution in [2.24, 2.45) is 0 Å². The number of esters is 1. The standard InChI is InChI=1S/C24H23N3O7/c28-20(27-17-6-2-1-5-16(17)26-23(31)24(27)9-3-4-10-24)13-32-21(29)12-25-22(30)15-7-8-18-19(11-15)34-14-33-18/h1-2,5-8,11H,3-4,9-10,12-14H2,(H,25,30)(H,26,31). The van der Waals surface area contributed by atoms with Crippen molar-refractivity contribution >= 4 is 35.1 Å². The second kappa shape index (κ2) is 8.69. The van der Waals surface area contributed by atoms with Crippen molar-refractivity contribution in [2.75, 3.05) is 30.2 Å². The molecule has 3 amide bonds. The molecule has 0 saturated heterocycles. The van der Waals surface area contributed by atoms with E-state index in [1.165, 1.54) is 11.0 Å². The molecule has 0 aromatic heterocycles. The molecule has 34 heavy (non-hydrogen) atoms. The Morgan fingerprint density at radius 2 is 1.82 bits per heavy atom. The zero-order valence-corrected chi connectivity index (χ0v) is 18.3. The number of hydrogen-bond donors (Lipinski definition) is 2. The molecule has 1 fully saturated rings. The second-order valence-corrected chi connectivity index (χ2v) is 8.35. The maximum absolute atomic E-state index is 13.2. The van der Waals surface area contributed by atoms with Crippen molar-refractivity contribution in [1.82, 2.24) is 5.32 Å².